The van der Waals surface area contributed by atoms with Gasteiger partial charge in [-0.2, -0.15) is 0 Å². The number of rotatable bonds is 5. The molecule has 0 amide bonds. The molecule has 124 valence electrons. The Labute approximate surface area is 140 Å². The fourth-order valence-electron chi connectivity index (χ4n) is 2.57. The third kappa shape index (κ3) is 2.80. The van der Waals surface area contributed by atoms with Crippen molar-refractivity contribution >= 4 is 11.0 Å². The molecule has 5 heteroatoms. The van der Waals surface area contributed by atoms with Crippen molar-refractivity contribution in [2.45, 2.75) is 0 Å². The summed E-state index contributed by atoms with van der Waals surface area (Å²) in [4.78, 5) is 0. The highest BCUT2D eigenvalue weighted by atomic mass is 16.5. The Morgan fingerprint density at radius 3 is 1.88 bits per heavy atom. The number of fused-ring (bicyclic) bond motifs is 1. The van der Waals surface area contributed by atoms with Crippen LogP contribution in [0.1, 0.15) is 0 Å². The minimum Gasteiger partial charge on any atom is -0.497 e. The van der Waals surface area contributed by atoms with Gasteiger partial charge in [0.15, 0.2) is 5.39 Å². The van der Waals surface area contributed by atoms with Crippen LogP contribution in [-0.2, 0) is 0 Å². The number of hydrogen-bond acceptors (Lipinski definition) is 4. The van der Waals surface area contributed by atoms with Crippen LogP contribution in [-0.4, -0.2) is 28.4 Å². The van der Waals surface area contributed by atoms with Gasteiger partial charge in [0.2, 0.25) is 0 Å². The molecule has 0 saturated carbocycles. The third-order valence-electron chi connectivity index (χ3n) is 3.82. The first-order chi connectivity index (χ1) is 11.7. The lowest BCUT2D eigenvalue weighted by Gasteiger charge is -2.08. The Morgan fingerprint density at radius 1 is 0.667 bits per heavy atom. The van der Waals surface area contributed by atoms with E-state index in [9.17, 15) is 0 Å². The summed E-state index contributed by atoms with van der Waals surface area (Å²) in [6, 6.07) is 13.1. The van der Waals surface area contributed by atoms with Crippen LogP contribution >= 0.6 is 0 Å². The molecule has 1 heterocycles. The van der Waals surface area contributed by atoms with E-state index in [0.717, 1.165) is 16.7 Å². The number of hydrogen-bond donors (Lipinski definition) is 0. The van der Waals surface area contributed by atoms with E-state index in [-0.39, 0.29) is 0 Å². The van der Waals surface area contributed by atoms with E-state index in [4.69, 9.17) is 23.4 Å². The highest BCUT2D eigenvalue weighted by Gasteiger charge is 2.24. The quantitative estimate of drug-likeness (QED) is 0.649. The van der Waals surface area contributed by atoms with Gasteiger partial charge >= 0.3 is 11.3 Å². The van der Waals surface area contributed by atoms with Gasteiger partial charge < -0.3 is 18.9 Å². The molecule has 0 aliphatic carbocycles. The molecule has 2 aromatic carbocycles. The molecule has 24 heavy (non-hydrogen) atoms. The minimum atomic E-state index is 0.622. The molecule has 1 aromatic heterocycles. The van der Waals surface area contributed by atoms with E-state index >= 15 is 0 Å². The Balaban J connectivity index is 2.22. The average molecular weight is 327 g/mol. The smallest absolute Gasteiger partial charge is 0.372 e. The van der Waals surface area contributed by atoms with Gasteiger partial charge in [-0.25, -0.2) is 4.42 Å². The molecule has 3 rings (SSSR count). The van der Waals surface area contributed by atoms with Crippen LogP contribution in [0.2, 0.25) is 0 Å². The van der Waals surface area contributed by atoms with Crippen LogP contribution in [0.4, 0.5) is 0 Å². The first-order valence-electron chi connectivity index (χ1n) is 7.41. The van der Waals surface area contributed by atoms with Crippen LogP contribution in [0, 0.1) is 0 Å². The van der Waals surface area contributed by atoms with Gasteiger partial charge in [-0.05, 0) is 24.3 Å². The summed E-state index contributed by atoms with van der Waals surface area (Å²) in [6.45, 7) is 0. The molecule has 0 spiro atoms. The zero-order valence-corrected chi connectivity index (χ0v) is 14.1. The fourth-order valence-corrected chi connectivity index (χ4v) is 2.57. The summed E-state index contributed by atoms with van der Waals surface area (Å²) in [5, 5.41) is 0.762. The van der Waals surface area contributed by atoms with Gasteiger partial charge in [0.1, 0.15) is 23.0 Å². The van der Waals surface area contributed by atoms with Crippen LogP contribution in [0.5, 0.6) is 23.0 Å². The second kappa shape index (κ2) is 6.66. The number of methoxy groups -OCH3 is 4. The predicted octanol–water partition coefficient (Wildman–Crippen LogP) is 4.42. The molecule has 0 aliphatic heterocycles. The lowest BCUT2D eigenvalue weighted by molar-refractivity contribution is 0.390. The molecule has 3 aromatic rings. The molecular formula is C19H19O5+. The highest BCUT2D eigenvalue weighted by Crippen LogP contribution is 2.40. The largest absolute Gasteiger partial charge is 0.497 e. The molecular weight excluding hydrogens is 308 g/mol. The second-order valence-electron chi connectivity index (χ2n) is 5.11. The Hall–Kier alpha value is -2.95. The van der Waals surface area contributed by atoms with Gasteiger partial charge in [0, 0.05) is 6.07 Å². The van der Waals surface area contributed by atoms with E-state index in [1.165, 1.54) is 0 Å². The van der Waals surface area contributed by atoms with Crippen LogP contribution in [0.3, 0.4) is 0 Å². The lowest BCUT2D eigenvalue weighted by atomic mass is 10.1. The van der Waals surface area contributed by atoms with Crippen molar-refractivity contribution in [2.24, 2.45) is 0 Å². The molecule has 0 N–H and O–H groups in total. The maximum atomic E-state index is 6.07. The lowest BCUT2D eigenvalue weighted by Crippen LogP contribution is -1.93. The molecule has 0 aliphatic rings. The summed E-state index contributed by atoms with van der Waals surface area (Å²) in [6.07, 6.45) is 0. The summed E-state index contributed by atoms with van der Waals surface area (Å²) in [5.41, 5.74) is 1.54. The second-order valence-corrected chi connectivity index (χ2v) is 5.11. The number of benzene rings is 2. The van der Waals surface area contributed by atoms with Crippen molar-refractivity contribution < 1.29 is 23.4 Å². The van der Waals surface area contributed by atoms with Crippen molar-refractivity contribution in [3.63, 3.8) is 0 Å². The van der Waals surface area contributed by atoms with E-state index < -0.39 is 0 Å². The minimum absolute atomic E-state index is 0.622. The SMILES string of the molecule is COc1ccc(-c2cc(OC)c3c(OC)cc(OC)cc3[o+]2)cc1. The van der Waals surface area contributed by atoms with Crippen molar-refractivity contribution in [1.29, 1.82) is 0 Å². The van der Waals surface area contributed by atoms with E-state index in [1.54, 1.807) is 34.5 Å². The van der Waals surface area contributed by atoms with E-state index in [1.807, 2.05) is 36.4 Å². The van der Waals surface area contributed by atoms with Gasteiger partial charge in [-0.15, -0.1) is 0 Å². The molecule has 5 nitrogen and oxygen atoms in total. The van der Waals surface area contributed by atoms with E-state index in [2.05, 4.69) is 0 Å². The van der Waals surface area contributed by atoms with E-state index in [0.29, 0.717) is 28.6 Å². The Kier molecular flexibility index (Phi) is 4.42. The highest BCUT2D eigenvalue weighted by molar-refractivity contribution is 5.92. The fraction of sp³-hybridized carbons (Fsp3) is 0.211. The topological polar surface area (TPSA) is 48.2 Å². The van der Waals surface area contributed by atoms with Crippen molar-refractivity contribution in [2.75, 3.05) is 28.4 Å². The summed E-state index contributed by atoms with van der Waals surface area (Å²) in [7, 11) is 6.46. The predicted molar refractivity (Wildman–Crippen MR) is 92.3 cm³/mol. The van der Waals surface area contributed by atoms with Crippen molar-refractivity contribution in [1.82, 2.24) is 0 Å². The maximum Gasteiger partial charge on any atom is 0.372 e. The monoisotopic (exact) mass is 327 g/mol. The Morgan fingerprint density at radius 2 is 1.29 bits per heavy atom. The first-order valence-corrected chi connectivity index (χ1v) is 7.41. The summed E-state index contributed by atoms with van der Waals surface area (Å²) in [5.74, 6) is 3.41. The van der Waals surface area contributed by atoms with Gasteiger partial charge in [-0.3, -0.25) is 0 Å². The van der Waals surface area contributed by atoms with Crippen LogP contribution in [0.25, 0.3) is 22.3 Å². The van der Waals surface area contributed by atoms with Crippen molar-refractivity contribution in [3.05, 3.63) is 42.5 Å². The zero-order valence-electron chi connectivity index (χ0n) is 14.1. The number of ether oxygens (including phenoxy) is 4. The van der Waals surface area contributed by atoms with Crippen LogP contribution in [0.15, 0.2) is 46.9 Å². The van der Waals surface area contributed by atoms with Gasteiger partial charge in [0.25, 0.3) is 0 Å². The molecule has 0 unspecified atom stereocenters. The summed E-state index contributed by atoms with van der Waals surface area (Å²) >= 11 is 0. The summed E-state index contributed by atoms with van der Waals surface area (Å²) < 4.78 is 27.6. The molecule has 0 atom stereocenters. The van der Waals surface area contributed by atoms with Gasteiger partial charge in [0.05, 0.1) is 46.1 Å². The average Bonchev–Trinajstić information content (AvgIpc) is 2.65. The molecule has 0 bridgehead atoms. The Bertz CT molecular complexity index is 856. The molecule has 0 radical (unpaired) electrons. The molecule has 0 saturated heterocycles. The molecule has 0 fully saturated rings. The maximum absolute atomic E-state index is 6.07. The van der Waals surface area contributed by atoms with Crippen LogP contribution < -0.4 is 18.9 Å². The standard InChI is InChI=1S/C19H19O5/c1-20-13-7-5-12(6-8-13)15-11-17(23-4)19-16(22-3)9-14(21-2)10-18(19)24-15/h5-11H,1-4H3/q+1. The third-order valence-corrected chi connectivity index (χ3v) is 3.82. The van der Waals surface area contributed by atoms with Gasteiger partial charge in [-0.1, -0.05) is 0 Å². The zero-order chi connectivity index (χ0) is 17.1. The normalized spacial score (nSPS) is 10.5. The first kappa shape index (κ1) is 15.9. The van der Waals surface area contributed by atoms with Crippen molar-refractivity contribution in [3.8, 4) is 34.3 Å².